The molecule has 0 unspecified atom stereocenters. The second kappa shape index (κ2) is 5.19. The minimum absolute atomic E-state index is 1.21. The maximum Gasteiger partial charge on any atom is 0.0542 e. The first kappa shape index (κ1) is 12.9. The second-order valence-corrected chi connectivity index (χ2v) is 5.59. The van der Waals surface area contributed by atoms with Gasteiger partial charge in [-0.15, -0.1) is 0 Å². The van der Waals surface area contributed by atoms with Crippen LogP contribution in [0.3, 0.4) is 0 Å². The van der Waals surface area contributed by atoms with Gasteiger partial charge in [0.2, 0.25) is 0 Å². The molecule has 0 aliphatic rings. The molecule has 1 heterocycles. The van der Waals surface area contributed by atoms with Gasteiger partial charge >= 0.3 is 0 Å². The number of H-pyrrole nitrogens is 1. The molecule has 1 nitrogen and oxygen atoms in total. The third kappa shape index (κ3) is 2.03. The Labute approximate surface area is 130 Å². The van der Waals surface area contributed by atoms with Crippen molar-refractivity contribution in [2.45, 2.75) is 6.92 Å². The smallest absolute Gasteiger partial charge is 0.0542 e. The van der Waals surface area contributed by atoms with Gasteiger partial charge in [0.25, 0.3) is 0 Å². The number of aromatic amines is 1. The Balaban J connectivity index is 2.01. The van der Waals surface area contributed by atoms with Crippen LogP contribution < -0.4 is 0 Å². The number of para-hydroxylation sites is 1. The van der Waals surface area contributed by atoms with E-state index in [0.29, 0.717) is 0 Å². The lowest BCUT2D eigenvalue weighted by atomic mass is 9.98. The van der Waals surface area contributed by atoms with E-state index in [1.807, 2.05) is 0 Å². The Morgan fingerprint density at radius 2 is 1.27 bits per heavy atom. The lowest BCUT2D eigenvalue weighted by Gasteiger charge is -2.04. The van der Waals surface area contributed by atoms with E-state index < -0.39 is 0 Å². The van der Waals surface area contributed by atoms with Gasteiger partial charge in [0.05, 0.1) is 5.52 Å². The van der Waals surface area contributed by atoms with Crippen LogP contribution in [0.2, 0.25) is 0 Å². The molecule has 0 atom stereocenters. The molecule has 0 saturated carbocycles. The van der Waals surface area contributed by atoms with Crippen LogP contribution in [-0.2, 0) is 0 Å². The summed E-state index contributed by atoms with van der Waals surface area (Å²) in [6.07, 6.45) is 0. The number of nitrogens with one attached hydrogen (secondary N) is 1. The lowest BCUT2D eigenvalue weighted by Crippen LogP contribution is -1.80. The fraction of sp³-hybridized carbons (Fsp3) is 0.0476. The molecule has 22 heavy (non-hydrogen) atoms. The van der Waals surface area contributed by atoms with Crippen LogP contribution >= 0.6 is 0 Å². The zero-order valence-corrected chi connectivity index (χ0v) is 12.5. The predicted molar refractivity (Wildman–Crippen MR) is 93.9 cm³/mol. The summed E-state index contributed by atoms with van der Waals surface area (Å²) in [6, 6.07) is 27.7. The summed E-state index contributed by atoms with van der Waals surface area (Å²) in [6.45, 7) is 2.15. The maximum absolute atomic E-state index is 3.59. The summed E-state index contributed by atoms with van der Waals surface area (Å²) in [5.41, 5.74) is 7.48. The van der Waals surface area contributed by atoms with Crippen molar-refractivity contribution in [1.29, 1.82) is 0 Å². The molecule has 3 aromatic carbocycles. The van der Waals surface area contributed by atoms with Crippen molar-refractivity contribution in [2.24, 2.45) is 0 Å². The molecule has 0 fully saturated rings. The number of fused-ring (bicyclic) bond motifs is 1. The molecule has 0 saturated heterocycles. The fourth-order valence-corrected chi connectivity index (χ4v) is 3.18. The molecular weight excluding hydrogens is 266 g/mol. The van der Waals surface area contributed by atoms with Crippen molar-refractivity contribution in [3.05, 3.63) is 84.6 Å². The zero-order chi connectivity index (χ0) is 14.9. The molecule has 0 aliphatic heterocycles. The molecule has 0 bridgehead atoms. The van der Waals surface area contributed by atoms with Crippen LogP contribution in [0.25, 0.3) is 33.2 Å². The largest absolute Gasteiger partial charge is 0.358 e. The minimum Gasteiger partial charge on any atom is -0.358 e. The Morgan fingerprint density at radius 1 is 0.636 bits per heavy atom. The Hall–Kier alpha value is -2.80. The molecular formula is C21H17N. The molecule has 0 radical (unpaired) electrons. The molecule has 0 amide bonds. The van der Waals surface area contributed by atoms with Gasteiger partial charge in [-0.25, -0.2) is 0 Å². The van der Waals surface area contributed by atoms with Gasteiger partial charge < -0.3 is 4.98 Å². The van der Waals surface area contributed by atoms with E-state index in [1.54, 1.807) is 0 Å². The third-order valence-corrected chi connectivity index (χ3v) is 4.17. The van der Waals surface area contributed by atoms with E-state index in [0.717, 1.165) is 0 Å². The Kier molecular flexibility index (Phi) is 3.05. The molecule has 1 heteroatoms. The van der Waals surface area contributed by atoms with E-state index in [2.05, 4.69) is 90.8 Å². The highest BCUT2D eigenvalue weighted by Gasteiger charge is 2.13. The molecule has 4 aromatic rings. The van der Waals surface area contributed by atoms with Gasteiger partial charge in [-0.2, -0.15) is 0 Å². The number of aryl methyl sites for hydroxylation is 1. The number of benzene rings is 3. The van der Waals surface area contributed by atoms with Crippen molar-refractivity contribution in [3.8, 4) is 22.3 Å². The van der Waals surface area contributed by atoms with E-state index in [9.17, 15) is 0 Å². The topological polar surface area (TPSA) is 15.8 Å². The minimum atomic E-state index is 1.21. The summed E-state index contributed by atoms with van der Waals surface area (Å²) in [5, 5.41) is 1.28. The Morgan fingerprint density at radius 3 is 1.95 bits per heavy atom. The molecule has 106 valence electrons. The molecule has 1 aromatic heterocycles. The molecule has 4 rings (SSSR count). The average Bonchev–Trinajstić information content (AvgIpc) is 2.92. The SMILES string of the molecule is Cc1[nH]c2c(-c3ccccc3)cccc2c1-c1ccccc1. The fourth-order valence-electron chi connectivity index (χ4n) is 3.18. The van der Waals surface area contributed by atoms with Crippen LogP contribution in [-0.4, -0.2) is 4.98 Å². The number of aromatic nitrogens is 1. The first-order chi connectivity index (χ1) is 10.8. The maximum atomic E-state index is 3.59. The highest BCUT2D eigenvalue weighted by atomic mass is 14.7. The predicted octanol–water partition coefficient (Wildman–Crippen LogP) is 5.81. The number of hydrogen-bond acceptors (Lipinski definition) is 0. The van der Waals surface area contributed by atoms with E-state index in [-0.39, 0.29) is 0 Å². The monoisotopic (exact) mass is 283 g/mol. The lowest BCUT2D eigenvalue weighted by molar-refractivity contribution is 1.30. The van der Waals surface area contributed by atoms with Gasteiger partial charge in [0, 0.05) is 22.2 Å². The zero-order valence-electron chi connectivity index (χ0n) is 12.5. The van der Waals surface area contributed by atoms with Gasteiger partial charge in [-0.1, -0.05) is 78.9 Å². The molecule has 1 N–H and O–H groups in total. The summed E-state index contributed by atoms with van der Waals surface area (Å²) in [4.78, 5) is 3.59. The van der Waals surface area contributed by atoms with E-state index >= 15 is 0 Å². The van der Waals surface area contributed by atoms with Crippen molar-refractivity contribution in [2.75, 3.05) is 0 Å². The van der Waals surface area contributed by atoms with Crippen molar-refractivity contribution in [1.82, 2.24) is 4.98 Å². The highest BCUT2D eigenvalue weighted by molar-refractivity contribution is 6.04. The van der Waals surface area contributed by atoms with Gasteiger partial charge in [0.15, 0.2) is 0 Å². The van der Waals surface area contributed by atoms with Crippen molar-refractivity contribution >= 4 is 10.9 Å². The third-order valence-electron chi connectivity index (χ3n) is 4.17. The number of hydrogen-bond donors (Lipinski definition) is 1. The standard InChI is InChI=1S/C21H17N/c1-15-20(17-11-6-3-7-12-17)19-14-8-13-18(21(19)22-15)16-9-4-2-5-10-16/h2-14,22H,1H3. The first-order valence-electron chi connectivity index (χ1n) is 7.57. The summed E-state index contributed by atoms with van der Waals surface area (Å²) in [7, 11) is 0. The van der Waals surface area contributed by atoms with Crippen molar-refractivity contribution < 1.29 is 0 Å². The average molecular weight is 283 g/mol. The van der Waals surface area contributed by atoms with Crippen LogP contribution in [0.5, 0.6) is 0 Å². The van der Waals surface area contributed by atoms with Crippen molar-refractivity contribution in [3.63, 3.8) is 0 Å². The highest BCUT2D eigenvalue weighted by Crippen LogP contribution is 2.36. The molecule has 0 spiro atoms. The first-order valence-corrected chi connectivity index (χ1v) is 7.57. The summed E-state index contributed by atoms with van der Waals surface area (Å²) >= 11 is 0. The normalized spacial score (nSPS) is 11.0. The van der Waals surface area contributed by atoms with Gasteiger partial charge in [-0.3, -0.25) is 0 Å². The Bertz CT molecular complexity index is 918. The van der Waals surface area contributed by atoms with E-state index in [4.69, 9.17) is 0 Å². The van der Waals surface area contributed by atoms with Crippen LogP contribution in [0.15, 0.2) is 78.9 Å². The van der Waals surface area contributed by atoms with Gasteiger partial charge in [-0.05, 0) is 18.1 Å². The van der Waals surface area contributed by atoms with Crippen LogP contribution in [0, 0.1) is 6.92 Å². The summed E-state index contributed by atoms with van der Waals surface area (Å²) in [5.74, 6) is 0. The number of rotatable bonds is 2. The second-order valence-electron chi connectivity index (χ2n) is 5.59. The summed E-state index contributed by atoms with van der Waals surface area (Å²) < 4.78 is 0. The van der Waals surface area contributed by atoms with E-state index in [1.165, 1.54) is 38.9 Å². The van der Waals surface area contributed by atoms with Crippen LogP contribution in [0.1, 0.15) is 5.69 Å². The van der Waals surface area contributed by atoms with Gasteiger partial charge in [0.1, 0.15) is 0 Å². The molecule has 0 aliphatic carbocycles. The van der Waals surface area contributed by atoms with Crippen LogP contribution in [0.4, 0.5) is 0 Å². The quantitative estimate of drug-likeness (QED) is 0.478.